The van der Waals surface area contributed by atoms with Crippen LogP contribution >= 0.6 is 11.3 Å². The Bertz CT molecular complexity index is 745. The Morgan fingerprint density at radius 3 is 2.86 bits per heavy atom. The second kappa shape index (κ2) is 5.81. The van der Waals surface area contributed by atoms with Crippen LogP contribution in [-0.2, 0) is 6.54 Å². The Labute approximate surface area is 128 Å². The van der Waals surface area contributed by atoms with E-state index in [2.05, 4.69) is 31.2 Å². The van der Waals surface area contributed by atoms with Crippen LogP contribution in [0, 0.1) is 13.8 Å². The van der Waals surface area contributed by atoms with Crippen molar-refractivity contribution in [2.75, 3.05) is 11.9 Å². The number of nitrogens with zero attached hydrogens (tertiary/aromatic N) is 4. The van der Waals surface area contributed by atoms with E-state index in [4.69, 9.17) is 9.97 Å². The summed E-state index contributed by atoms with van der Waals surface area (Å²) < 4.78 is 1.85. The van der Waals surface area contributed by atoms with Gasteiger partial charge >= 0.3 is 0 Å². The van der Waals surface area contributed by atoms with Crippen LogP contribution in [0.25, 0.3) is 10.2 Å². The van der Waals surface area contributed by atoms with Crippen molar-refractivity contribution in [1.82, 2.24) is 19.7 Å². The summed E-state index contributed by atoms with van der Waals surface area (Å²) in [4.78, 5) is 11.8. The van der Waals surface area contributed by atoms with Gasteiger partial charge in [-0.3, -0.25) is 4.68 Å². The third-order valence-electron chi connectivity index (χ3n) is 3.48. The number of hydrogen-bond acceptors (Lipinski definition) is 5. The number of hydrogen-bond donors (Lipinski definition) is 1. The Hall–Kier alpha value is -1.95. The number of thiophene rings is 1. The number of aromatic nitrogens is 4. The first-order valence-electron chi connectivity index (χ1n) is 7.17. The maximum absolute atomic E-state index is 4.71. The van der Waals surface area contributed by atoms with Crippen LogP contribution in [-0.4, -0.2) is 26.3 Å². The number of aryl methyl sites for hydroxylation is 2. The highest BCUT2D eigenvalue weighted by molar-refractivity contribution is 7.18. The highest BCUT2D eigenvalue weighted by Crippen LogP contribution is 2.33. The van der Waals surface area contributed by atoms with Gasteiger partial charge in [0, 0.05) is 23.8 Å². The van der Waals surface area contributed by atoms with Crippen molar-refractivity contribution in [2.24, 2.45) is 0 Å². The molecule has 0 saturated heterocycles. The monoisotopic (exact) mass is 301 g/mol. The lowest BCUT2D eigenvalue weighted by Crippen LogP contribution is -2.09. The molecule has 0 fully saturated rings. The molecule has 110 valence electrons. The molecule has 5 nitrogen and oxygen atoms in total. The van der Waals surface area contributed by atoms with E-state index in [0.29, 0.717) is 6.54 Å². The van der Waals surface area contributed by atoms with Crippen LogP contribution in [0.2, 0.25) is 0 Å². The highest BCUT2D eigenvalue weighted by Gasteiger charge is 2.14. The van der Waals surface area contributed by atoms with Gasteiger partial charge in [-0.1, -0.05) is 6.92 Å². The largest absolute Gasteiger partial charge is 0.369 e. The van der Waals surface area contributed by atoms with E-state index < -0.39 is 0 Å². The molecule has 0 aliphatic heterocycles. The lowest BCUT2D eigenvalue weighted by molar-refractivity contribution is 0.658. The molecule has 6 heteroatoms. The lowest BCUT2D eigenvalue weighted by Gasteiger charge is -2.09. The van der Waals surface area contributed by atoms with Gasteiger partial charge in [-0.05, 0) is 31.9 Å². The van der Waals surface area contributed by atoms with Gasteiger partial charge in [0.25, 0.3) is 0 Å². The van der Waals surface area contributed by atoms with Crippen molar-refractivity contribution in [1.29, 1.82) is 0 Å². The molecule has 3 aromatic rings. The van der Waals surface area contributed by atoms with E-state index in [9.17, 15) is 0 Å². The Balaban J connectivity index is 2.06. The van der Waals surface area contributed by atoms with Crippen LogP contribution in [0.5, 0.6) is 0 Å². The van der Waals surface area contributed by atoms with Crippen LogP contribution in [0.15, 0.2) is 18.5 Å². The third-order valence-corrected chi connectivity index (χ3v) is 4.58. The van der Waals surface area contributed by atoms with Gasteiger partial charge in [-0.25, -0.2) is 9.97 Å². The topological polar surface area (TPSA) is 55.6 Å². The van der Waals surface area contributed by atoms with Gasteiger partial charge in [0.1, 0.15) is 17.2 Å². The van der Waals surface area contributed by atoms with Gasteiger partial charge in [0.15, 0.2) is 5.82 Å². The predicted molar refractivity (Wildman–Crippen MR) is 87.0 cm³/mol. The van der Waals surface area contributed by atoms with Gasteiger partial charge < -0.3 is 5.32 Å². The molecule has 1 N–H and O–H groups in total. The second-order valence-corrected chi connectivity index (χ2v) is 6.29. The number of rotatable bonds is 5. The summed E-state index contributed by atoms with van der Waals surface area (Å²) in [6, 6.07) is 1.91. The minimum atomic E-state index is 0.597. The maximum Gasteiger partial charge on any atom is 0.153 e. The van der Waals surface area contributed by atoms with Crippen molar-refractivity contribution in [3.05, 3.63) is 34.7 Å². The molecular weight excluding hydrogens is 282 g/mol. The van der Waals surface area contributed by atoms with E-state index in [-0.39, 0.29) is 0 Å². The Morgan fingerprint density at radius 2 is 2.14 bits per heavy atom. The molecule has 0 unspecified atom stereocenters. The summed E-state index contributed by atoms with van der Waals surface area (Å²) in [5.41, 5.74) is 1.28. The van der Waals surface area contributed by atoms with E-state index in [1.54, 1.807) is 17.5 Å². The first-order valence-corrected chi connectivity index (χ1v) is 7.98. The van der Waals surface area contributed by atoms with Gasteiger partial charge in [-0.15, -0.1) is 11.3 Å². The van der Waals surface area contributed by atoms with Crippen molar-refractivity contribution in [3.63, 3.8) is 0 Å². The molecule has 0 aliphatic carbocycles. The van der Waals surface area contributed by atoms with Crippen LogP contribution < -0.4 is 5.32 Å². The summed E-state index contributed by atoms with van der Waals surface area (Å²) in [7, 11) is 0. The van der Waals surface area contributed by atoms with Crippen molar-refractivity contribution < 1.29 is 0 Å². The third kappa shape index (κ3) is 2.76. The average Bonchev–Trinajstić information content (AvgIpc) is 3.06. The van der Waals surface area contributed by atoms with Crippen molar-refractivity contribution >= 4 is 27.4 Å². The zero-order chi connectivity index (χ0) is 14.8. The molecule has 0 bridgehead atoms. The fourth-order valence-corrected chi connectivity index (χ4v) is 3.32. The fourth-order valence-electron chi connectivity index (χ4n) is 2.27. The molecule has 3 rings (SSSR count). The molecule has 21 heavy (non-hydrogen) atoms. The molecule has 0 radical (unpaired) electrons. The Morgan fingerprint density at radius 1 is 1.29 bits per heavy atom. The average molecular weight is 301 g/mol. The molecule has 0 saturated carbocycles. The smallest absolute Gasteiger partial charge is 0.153 e. The number of anilines is 1. The molecule has 3 heterocycles. The summed E-state index contributed by atoms with van der Waals surface area (Å²) in [6.45, 7) is 7.95. The van der Waals surface area contributed by atoms with Crippen molar-refractivity contribution in [3.8, 4) is 0 Å². The zero-order valence-electron chi connectivity index (χ0n) is 12.6. The number of fused-ring (bicyclic) bond motifs is 1. The molecule has 0 amide bonds. The minimum absolute atomic E-state index is 0.597. The minimum Gasteiger partial charge on any atom is -0.369 e. The quantitative estimate of drug-likeness (QED) is 0.785. The number of nitrogens with one attached hydrogen (secondary N) is 1. The molecule has 3 aromatic heterocycles. The predicted octanol–water partition coefficient (Wildman–Crippen LogP) is 3.37. The molecular formula is C15H19N5S. The molecule has 0 atom stereocenters. The van der Waals surface area contributed by atoms with E-state index in [0.717, 1.165) is 34.8 Å². The zero-order valence-corrected chi connectivity index (χ0v) is 13.4. The SMILES string of the molecule is CCCNc1nc(Cn2cccn2)nc2sc(C)c(C)c12. The lowest BCUT2D eigenvalue weighted by atomic mass is 10.2. The normalized spacial score (nSPS) is 11.2. The van der Waals surface area contributed by atoms with Crippen molar-refractivity contribution in [2.45, 2.75) is 33.7 Å². The van der Waals surface area contributed by atoms with Crippen LogP contribution in [0.3, 0.4) is 0 Å². The second-order valence-electron chi connectivity index (χ2n) is 5.08. The summed E-state index contributed by atoms with van der Waals surface area (Å²) in [5.74, 6) is 1.75. The first-order chi connectivity index (χ1) is 10.2. The maximum atomic E-state index is 4.71. The summed E-state index contributed by atoms with van der Waals surface area (Å²) >= 11 is 1.73. The molecule has 0 aromatic carbocycles. The van der Waals surface area contributed by atoms with Gasteiger partial charge in [0.2, 0.25) is 0 Å². The summed E-state index contributed by atoms with van der Waals surface area (Å²) in [5, 5.41) is 8.83. The van der Waals surface area contributed by atoms with Gasteiger partial charge in [-0.2, -0.15) is 5.10 Å². The Kier molecular flexibility index (Phi) is 3.88. The molecule has 0 aliphatic rings. The van der Waals surface area contributed by atoms with Gasteiger partial charge in [0.05, 0.1) is 5.39 Å². The first kappa shape index (κ1) is 14.0. The summed E-state index contributed by atoms with van der Waals surface area (Å²) in [6.07, 6.45) is 4.77. The highest BCUT2D eigenvalue weighted by atomic mass is 32.1. The molecule has 0 spiro atoms. The fraction of sp³-hybridized carbons (Fsp3) is 0.400. The van der Waals surface area contributed by atoms with E-state index in [1.165, 1.54) is 10.4 Å². The standard InChI is InChI=1S/C15H19N5S/c1-4-6-16-14-13-10(2)11(3)21-15(13)19-12(18-14)9-20-8-5-7-17-20/h5,7-8H,4,6,9H2,1-3H3,(H,16,18,19). The van der Waals surface area contributed by atoms with Crippen LogP contribution in [0.1, 0.15) is 29.6 Å². The van der Waals surface area contributed by atoms with Crippen LogP contribution in [0.4, 0.5) is 5.82 Å². The van der Waals surface area contributed by atoms with E-state index in [1.807, 2.05) is 16.9 Å². The van der Waals surface area contributed by atoms with E-state index >= 15 is 0 Å².